The zero-order valence-corrected chi connectivity index (χ0v) is 23.7. The zero-order valence-electron chi connectivity index (χ0n) is 23.7. The van der Waals surface area contributed by atoms with Crippen LogP contribution in [0.3, 0.4) is 0 Å². The Morgan fingerprint density at radius 1 is 1.13 bits per heavy atom. The summed E-state index contributed by atoms with van der Waals surface area (Å²) >= 11 is 0. The number of nitrogens with zero attached hydrogens (tertiary/aromatic N) is 2. The molecule has 0 spiro atoms. The van der Waals surface area contributed by atoms with Gasteiger partial charge in [0.1, 0.15) is 0 Å². The highest BCUT2D eigenvalue weighted by Gasteiger charge is 2.47. The summed E-state index contributed by atoms with van der Waals surface area (Å²) in [4.78, 5) is 35.4. The van der Waals surface area contributed by atoms with E-state index in [0.717, 1.165) is 53.6 Å². The van der Waals surface area contributed by atoms with E-state index in [1.165, 1.54) is 0 Å². The highest BCUT2D eigenvalue weighted by Crippen LogP contribution is 2.52. The molecule has 1 aliphatic heterocycles. The number of benzene rings is 1. The number of ether oxygens (including phenoxy) is 2. The van der Waals surface area contributed by atoms with Crippen molar-refractivity contribution in [3.8, 4) is 22.6 Å². The lowest BCUT2D eigenvalue weighted by Gasteiger charge is -2.39. The van der Waals surface area contributed by atoms with Crippen molar-refractivity contribution in [1.29, 1.82) is 0 Å². The van der Waals surface area contributed by atoms with E-state index in [0.29, 0.717) is 28.7 Å². The number of H-pyrrole nitrogens is 1. The van der Waals surface area contributed by atoms with Crippen LogP contribution in [0, 0.1) is 26.7 Å². The summed E-state index contributed by atoms with van der Waals surface area (Å²) in [6.45, 7) is 7.76. The first-order chi connectivity index (χ1) is 18.6. The monoisotopic (exact) mass is 530 g/mol. The maximum absolute atomic E-state index is 13.5. The molecule has 0 bridgehead atoms. The first kappa shape index (κ1) is 26.9. The SMILES string of the molecule is Cc1cc(C)c(CNC(=O)c2cc(-c3cccnc3)c3c(c2C)OC(C)(C2CCC(N(C)C)CC2)O3)c(=O)[nH]1. The Balaban J connectivity index is 1.47. The second-order valence-corrected chi connectivity index (χ2v) is 11.3. The third-order valence-electron chi connectivity index (χ3n) is 8.40. The summed E-state index contributed by atoms with van der Waals surface area (Å²) in [5, 5.41) is 2.95. The van der Waals surface area contributed by atoms with Crippen molar-refractivity contribution in [1.82, 2.24) is 20.2 Å². The van der Waals surface area contributed by atoms with Crippen molar-refractivity contribution in [2.24, 2.45) is 5.92 Å². The Hall–Kier alpha value is -3.65. The molecule has 1 aromatic carbocycles. The predicted octanol–water partition coefficient (Wildman–Crippen LogP) is 4.90. The maximum Gasteiger partial charge on any atom is 0.253 e. The van der Waals surface area contributed by atoms with Crippen LogP contribution in [0.2, 0.25) is 0 Å². The Bertz CT molecular complexity index is 1440. The van der Waals surface area contributed by atoms with Gasteiger partial charge in [0.2, 0.25) is 0 Å². The number of carbonyl (C=O) groups is 1. The largest absolute Gasteiger partial charge is 0.448 e. The van der Waals surface area contributed by atoms with Gasteiger partial charge in [-0.2, -0.15) is 0 Å². The minimum Gasteiger partial charge on any atom is -0.448 e. The van der Waals surface area contributed by atoms with Gasteiger partial charge >= 0.3 is 0 Å². The molecule has 206 valence electrons. The fourth-order valence-electron chi connectivity index (χ4n) is 6.00. The van der Waals surface area contributed by atoms with Gasteiger partial charge in [0.05, 0.1) is 0 Å². The second-order valence-electron chi connectivity index (χ2n) is 11.3. The number of carbonyl (C=O) groups excluding carboxylic acids is 1. The minimum atomic E-state index is -0.817. The molecule has 2 aliphatic rings. The maximum atomic E-state index is 13.5. The number of pyridine rings is 2. The van der Waals surface area contributed by atoms with E-state index in [1.807, 2.05) is 52.0 Å². The summed E-state index contributed by atoms with van der Waals surface area (Å²) in [5.41, 5.74) is 4.80. The van der Waals surface area contributed by atoms with Crippen LogP contribution in [0.5, 0.6) is 11.5 Å². The molecule has 2 N–H and O–H groups in total. The van der Waals surface area contributed by atoms with Gasteiger partial charge in [0.15, 0.2) is 11.5 Å². The van der Waals surface area contributed by atoms with Gasteiger partial charge in [0, 0.05) is 71.3 Å². The van der Waals surface area contributed by atoms with E-state index in [1.54, 1.807) is 12.4 Å². The topological polar surface area (TPSA) is 96.5 Å². The zero-order chi connectivity index (χ0) is 27.9. The number of aromatic amines is 1. The molecule has 8 nitrogen and oxygen atoms in total. The Labute approximate surface area is 229 Å². The van der Waals surface area contributed by atoms with Gasteiger partial charge in [0.25, 0.3) is 17.3 Å². The molecule has 1 atom stereocenters. The Morgan fingerprint density at radius 3 is 2.49 bits per heavy atom. The molecule has 1 amide bonds. The number of aromatic nitrogens is 2. The van der Waals surface area contributed by atoms with E-state index in [4.69, 9.17) is 9.47 Å². The minimum absolute atomic E-state index is 0.128. The van der Waals surface area contributed by atoms with E-state index in [2.05, 4.69) is 34.3 Å². The van der Waals surface area contributed by atoms with E-state index < -0.39 is 5.79 Å². The smallest absolute Gasteiger partial charge is 0.253 e. The lowest BCUT2D eigenvalue weighted by molar-refractivity contribution is -0.123. The summed E-state index contributed by atoms with van der Waals surface area (Å²) in [6.07, 6.45) is 7.69. The van der Waals surface area contributed by atoms with Crippen molar-refractivity contribution in [3.05, 3.63) is 75.0 Å². The van der Waals surface area contributed by atoms with E-state index in [9.17, 15) is 9.59 Å². The molecule has 1 aliphatic carbocycles. The average molecular weight is 531 g/mol. The third-order valence-corrected chi connectivity index (χ3v) is 8.40. The standard InChI is InChI=1S/C31H38N4O4/c1-18-14-19(2)34-30(37)26(18)17-33-29(36)24-15-25(21-8-7-13-32-16-21)28-27(20(24)3)38-31(4,39-28)22-9-11-23(12-10-22)35(5)6/h7-8,13-16,22-23H,9-12,17H2,1-6H3,(H,33,36)(H,34,37). The fourth-order valence-corrected chi connectivity index (χ4v) is 6.00. The molecule has 0 saturated heterocycles. The van der Waals surface area contributed by atoms with Gasteiger partial charge in [-0.15, -0.1) is 0 Å². The van der Waals surface area contributed by atoms with Crippen LogP contribution in [-0.2, 0) is 6.54 Å². The van der Waals surface area contributed by atoms with Crippen molar-refractivity contribution in [3.63, 3.8) is 0 Å². The molecule has 1 unspecified atom stereocenters. The van der Waals surface area contributed by atoms with E-state index in [-0.39, 0.29) is 23.9 Å². The van der Waals surface area contributed by atoms with Crippen LogP contribution in [0.1, 0.15) is 65.3 Å². The Kier molecular flexibility index (Phi) is 7.25. The highest BCUT2D eigenvalue weighted by atomic mass is 16.7. The Morgan fingerprint density at radius 2 is 1.85 bits per heavy atom. The van der Waals surface area contributed by atoms with Crippen LogP contribution >= 0.6 is 0 Å². The van der Waals surface area contributed by atoms with Gasteiger partial charge in [-0.1, -0.05) is 6.07 Å². The number of amides is 1. The molecule has 0 radical (unpaired) electrons. The van der Waals surface area contributed by atoms with Gasteiger partial charge < -0.3 is 24.7 Å². The van der Waals surface area contributed by atoms with Crippen LogP contribution in [-0.4, -0.2) is 46.7 Å². The number of aryl methyl sites for hydroxylation is 2. The first-order valence-electron chi connectivity index (χ1n) is 13.7. The lowest BCUT2D eigenvalue weighted by atomic mass is 9.81. The molecule has 5 rings (SSSR count). The molecule has 2 aromatic heterocycles. The molecule has 39 heavy (non-hydrogen) atoms. The van der Waals surface area contributed by atoms with Gasteiger partial charge in [-0.3, -0.25) is 14.6 Å². The average Bonchev–Trinajstić information content (AvgIpc) is 3.28. The molecule has 1 fully saturated rings. The summed E-state index contributed by atoms with van der Waals surface area (Å²) < 4.78 is 13.3. The van der Waals surface area contributed by atoms with Gasteiger partial charge in [-0.25, -0.2) is 0 Å². The number of fused-ring (bicyclic) bond motifs is 1. The summed E-state index contributed by atoms with van der Waals surface area (Å²) in [7, 11) is 4.27. The second kappa shape index (κ2) is 10.5. The molecule has 8 heteroatoms. The number of rotatable bonds is 6. The third kappa shape index (κ3) is 5.17. The molecule has 3 aromatic rings. The van der Waals surface area contributed by atoms with Crippen molar-refractivity contribution in [2.75, 3.05) is 14.1 Å². The summed E-state index contributed by atoms with van der Waals surface area (Å²) in [6, 6.07) is 8.15. The number of hydrogen-bond acceptors (Lipinski definition) is 6. The van der Waals surface area contributed by atoms with Crippen molar-refractivity contribution < 1.29 is 14.3 Å². The van der Waals surface area contributed by atoms with E-state index >= 15 is 0 Å². The van der Waals surface area contributed by atoms with Crippen LogP contribution in [0.4, 0.5) is 0 Å². The van der Waals surface area contributed by atoms with Crippen LogP contribution in [0.25, 0.3) is 11.1 Å². The molecule has 3 heterocycles. The lowest BCUT2D eigenvalue weighted by Crippen LogP contribution is -2.46. The quantitative estimate of drug-likeness (QED) is 0.471. The van der Waals surface area contributed by atoms with Crippen LogP contribution < -0.4 is 20.3 Å². The molecular formula is C31H38N4O4. The van der Waals surface area contributed by atoms with Crippen molar-refractivity contribution >= 4 is 5.91 Å². The van der Waals surface area contributed by atoms with Gasteiger partial charge in [-0.05, 0) is 84.3 Å². The predicted molar refractivity (Wildman–Crippen MR) is 151 cm³/mol. The molecular weight excluding hydrogens is 492 g/mol. The molecule has 1 saturated carbocycles. The number of hydrogen-bond donors (Lipinski definition) is 2. The highest BCUT2D eigenvalue weighted by molar-refractivity contribution is 5.99. The normalized spacial score (nSPS) is 22.2. The van der Waals surface area contributed by atoms with Crippen LogP contribution in [0.15, 0.2) is 41.5 Å². The fraction of sp³-hybridized carbons (Fsp3) is 0.452. The summed E-state index contributed by atoms with van der Waals surface area (Å²) in [5.74, 6) is 0.394. The first-order valence-corrected chi connectivity index (χ1v) is 13.7. The van der Waals surface area contributed by atoms with Crippen molar-refractivity contribution in [2.45, 2.75) is 71.8 Å². The number of nitrogens with one attached hydrogen (secondary N) is 2.